The van der Waals surface area contributed by atoms with Gasteiger partial charge in [0.25, 0.3) is 10.0 Å². The fraction of sp³-hybridized carbons (Fsp3) is 0. The maximum Gasteiger partial charge on any atom is 0.337 e. The van der Waals surface area contributed by atoms with Crippen LogP contribution >= 0.6 is 33.9 Å². The van der Waals surface area contributed by atoms with Crippen LogP contribution in [0.3, 0.4) is 0 Å². The van der Waals surface area contributed by atoms with E-state index in [4.69, 9.17) is 10.4 Å². The van der Waals surface area contributed by atoms with Crippen LogP contribution < -0.4 is 4.72 Å². The molecule has 0 bridgehead atoms. The van der Waals surface area contributed by atoms with E-state index in [0.29, 0.717) is 3.57 Å². The number of hydrogen-bond donors (Lipinski definition) is 2. The molecule has 2 rings (SSSR count). The molecule has 0 radical (unpaired) electrons. The molecule has 108 valence electrons. The van der Waals surface area contributed by atoms with Crippen LogP contribution in [0.15, 0.2) is 34.5 Å². The first-order valence-electron chi connectivity index (χ1n) is 5.39. The normalized spacial score (nSPS) is 10.9. The lowest BCUT2D eigenvalue weighted by molar-refractivity contribution is 0.0698. The molecule has 0 unspecified atom stereocenters. The summed E-state index contributed by atoms with van der Waals surface area (Å²) in [5.74, 6) is -1.23. The van der Waals surface area contributed by atoms with E-state index in [1.165, 1.54) is 24.3 Å². The second-order valence-corrected chi connectivity index (χ2v) is 8.07. The van der Waals surface area contributed by atoms with Crippen molar-refractivity contribution in [2.75, 3.05) is 4.72 Å². The smallest absolute Gasteiger partial charge is 0.337 e. The minimum atomic E-state index is -3.92. The molecule has 2 aromatic rings. The van der Waals surface area contributed by atoms with E-state index in [-0.39, 0.29) is 20.3 Å². The van der Waals surface area contributed by atoms with Gasteiger partial charge >= 0.3 is 5.97 Å². The van der Waals surface area contributed by atoms with E-state index < -0.39 is 16.0 Å². The third-order valence-corrected chi connectivity index (χ3v) is 5.93. The number of carboxylic acid groups (broad SMARTS) is 1. The Kier molecular flexibility index (Phi) is 4.50. The van der Waals surface area contributed by atoms with E-state index in [2.05, 4.69) is 4.72 Å². The first kappa shape index (κ1) is 15.7. The highest BCUT2D eigenvalue weighted by atomic mass is 127. The van der Waals surface area contributed by atoms with Crippen molar-refractivity contribution >= 4 is 55.6 Å². The summed E-state index contributed by atoms with van der Waals surface area (Å²) in [6.45, 7) is 0. The number of sulfonamides is 1. The number of aromatic carboxylic acids is 1. The standard InChI is InChI=1S/C12H7IN2O4S2/c13-7-1-3-10(9(5-7)12(16)17)15-21(18,19)11-4-2-8(6-14)20-11/h1-5,15H,(H,16,17). The zero-order valence-corrected chi connectivity index (χ0v) is 14.0. The van der Waals surface area contributed by atoms with Crippen molar-refractivity contribution in [2.24, 2.45) is 0 Å². The summed E-state index contributed by atoms with van der Waals surface area (Å²) in [6, 6.07) is 8.91. The van der Waals surface area contributed by atoms with Crippen LogP contribution in [0.4, 0.5) is 5.69 Å². The molecule has 0 atom stereocenters. The lowest BCUT2D eigenvalue weighted by atomic mass is 10.2. The molecule has 21 heavy (non-hydrogen) atoms. The number of hydrogen-bond acceptors (Lipinski definition) is 5. The molecule has 1 aromatic heterocycles. The average Bonchev–Trinajstić information content (AvgIpc) is 2.90. The molecule has 2 N–H and O–H groups in total. The molecule has 0 aliphatic carbocycles. The van der Waals surface area contributed by atoms with Gasteiger partial charge in [-0.05, 0) is 52.9 Å². The third kappa shape index (κ3) is 3.52. The number of carboxylic acids is 1. The van der Waals surface area contributed by atoms with Gasteiger partial charge in [-0.15, -0.1) is 11.3 Å². The number of nitriles is 1. The SMILES string of the molecule is N#Cc1ccc(S(=O)(=O)Nc2ccc(I)cc2C(=O)O)s1. The van der Waals surface area contributed by atoms with Gasteiger partial charge in [0, 0.05) is 3.57 Å². The number of carbonyl (C=O) groups is 1. The van der Waals surface area contributed by atoms with Crippen molar-refractivity contribution in [3.63, 3.8) is 0 Å². The Hall–Kier alpha value is -1.64. The minimum absolute atomic E-state index is 0.0187. The molecular formula is C12H7IN2O4S2. The molecular weight excluding hydrogens is 427 g/mol. The maximum atomic E-state index is 12.2. The van der Waals surface area contributed by atoms with E-state index in [9.17, 15) is 13.2 Å². The Morgan fingerprint density at radius 3 is 2.62 bits per heavy atom. The zero-order chi connectivity index (χ0) is 15.6. The molecule has 0 saturated carbocycles. The molecule has 0 spiro atoms. The van der Waals surface area contributed by atoms with Crippen molar-refractivity contribution in [1.82, 2.24) is 0 Å². The molecule has 9 heteroatoms. The van der Waals surface area contributed by atoms with Crippen LogP contribution in [0.25, 0.3) is 0 Å². The number of anilines is 1. The highest BCUT2D eigenvalue weighted by Gasteiger charge is 2.20. The molecule has 0 fully saturated rings. The van der Waals surface area contributed by atoms with E-state index in [0.717, 1.165) is 11.3 Å². The number of rotatable bonds is 4. The number of nitrogens with one attached hydrogen (secondary N) is 1. The summed E-state index contributed by atoms with van der Waals surface area (Å²) in [6.07, 6.45) is 0. The summed E-state index contributed by atoms with van der Waals surface area (Å²) >= 11 is 2.75. The quantitative estimate of drug-likeness (QED) is 0.720. The fourth-order valence-electron chi connectivity index (χ4n) is 1.50. The summed E-state index contributed by atoms with van der Waals surface area (Å²) < 4.78 is 27.2. The highest BCUT2D eigenvalue weighted by molar-refractivity contribution is 14.1. The predicted molar refractivity (Wildman–Crippen MR) is 86.0 cm³/mol. The summed E-state index contributed by atoms with van der Waals surface area (Å²) in [5, 5.41) is 17.8. The number of benzene rings is 1. The summed E-state index contributed by atoms with van der Waals surface area (Å²) in [4.78, 5) is 11.4. The van der Waals surface area contributed by atoms with Gasteiger partial charge in [-0.2, -0.15) is 5.26 Å². The third-order valence-electron chi connectivity index (χ3n) is 2.41. The van der Waals surface area contributed by atoms with Crippen LogP contribution in [0.2, 0.25) is 0 Å². The Balaban J connectivity index is 2.42. The average molecular weight is 434 g/mol. The summed E-state index contributed by atoms with van der Waals surface area (Å²) in [5.41, 5.74) is -0.155. The van der Waals surface area contributed by atoms with Crippen LogP contribution in [0.5, 0.6) is 0 Å². The highest BCUT2D eigenvalue weighted by Crippen LogP contribution is 2.26. The number of nitrogens with zero attached hydrogens (tertiary/aromatic N) is 1. The van der Waals surface area contributed by atoms with Crippen molar-refractivity contribution in [3.8, 4) is 6.07 Å². The van der Waals surface area contributed by atoms with Crippen LogP contribution in [0, 0.1) is 14.9 Å². The zero-order valence-electron chi connectivity index (χ0n) is 10.2. The van der Waals surface area contributed by atoms with Gasteiger partial charge in [0.2, 0.25) is 0 Å². The second kappa shape index (κ2) is 6.00. The Bertz CT molecular complexity index is 852. The molecule has 1 aromatic carbocycles. The van der Waals surface area contributed by atoms with Crippen molar-refractivity contribution in [1.29, 1.82) is 5.26 Å². The maximum absolute atomic E-state index is 12.2. The van der Waals surface area contributed by atoms with Crippen molar-refractivity contribution < 1.29 is 18.3 Å². The summed E-state index contributed by atoms with van der Waals surface area (Å²) in [7, 11) is -3.92. The fourth-order valence-corrected chi connectivity index (χ4v) is 4.18. The Morgan fingerprint density at radius 2 is 2.05 bits per heavy atom. The lowest BCUT2D eigenvalue weighted by Gasteiger charge is -2.09. The number of halogens is 1. The topological polar surface area (TPSA) is 107 Å². The van der Waals surface area contributed by atoms with Gasteiger partial charge in [-0.25, -0.2) is 13.2 Å². The van der Waals surface area contributed by atoms with Gasteiger partial charge < -0.3 is 5.11 Å². The monoisotopic (exact) mass is 434 g/mol. The van der Waals surface area contributed by atoms with E-state index >= 15 is 0 Å². The number of thiophene rings is 1. The van der Waals surface area contributed by atoms with Crippen LogP contribution in [0.1, 0.15) is 15.2 Å². The minimum Gasteiger partial charge on any atom is -0.478 e. The molecule has 0 aliphatic heterocycles. The van der Waals surface area contributed by atoms with Crippen LogP contribution in [-0.4, -0.2) is 19.5 Å². The lowest BCUT2D eigenvalue weighted by Crippen LogP contribution is -2.14. The first-order valence-corrected chi connectivity index (χ1v) is 8.77. The predicted octanol–water partition coefficient (Wildman–Crippen LogP) is 2.72. The molecule has 0 aliphatic rings. The van der Waals surface area contributed by atoms with Gasteiger partial charge in [-0.1, -0.05) is 0 Å². The van der Waals surface area contributed by atoms with Crippen LogP contribution in [-0.2, 0) is 10.0 Å². The van der Waals surface area contributed by atoms with Gasteiger partial charge in [0.1, 0.15) is 15.2 Å². The van der Waals surface area contributed by atoms with Gasteiger partial charge in [0.05, 0.1) is 11.3 Å². The van der Waals surface area contributed by atoms with Crippen molar-refractivity contribution in [2.45, 2.75) is 4.21 Å². The second-order valence-electron chi connectivity index (χ2n) is 3.83. The molecule has 6 nitrogen and oxygen atoms in total. The first-order chi connectivity index (χ1) is 9.83. The Labute approximate surface area is 138 Å². The van der Waals surface area contributed by atoms with Crippen molar-refractivity contribution in [3.05, 3.63) is 44.3 Å². The largest absolute Gasteiger partial charge is 0.478 e. The van der Waals surface area contributed by atoms with E-state index in [1.807, 2.05) is 28.7 Å². The molecule has 1 heterocycles. The Morgan fingerprint density at radius 1 is 1.33 bits per heavy atom. The molecule has 0 amide bonds. The van der Waals surface area contributed by atoms with E-state index in [1.54, 1.807) is 6.07 Å². The molecule has 0 saturated heterocycles. The van der Waals surface area contributed by atoms with Gasteiger partial charge in [0.15, 0.2) is 0 Å². The van der Waals surface area contributed by atoms with Gasteiger partial charge in [-0.3, -0.25) is 4.72 Å².